The number of carbonyl (C=O) groups is 1. The minimum absolute atomic E-state index is 0.235. The van der Waals surface area contributed by atoms with Crippen LogP contribution in [0.5, 0.6) is 5.75 Å². The molecule has 0 saturated carbocycles. The first-order valence-electron chi connectivity index (χ1n) is 8.72. The molecule has 0 unspecified atom stereocenters. The summed E-state index contributed by atoms with van der Waals surface area (Å²) in [4.78, 5) is 11.6. The Morgan fingerprint density at radius 3 is 2.61 bits per heavy atom. The summed E-state index contributed by atoms with van der Waals surface area (Å²) in [6, 6.07) is 9.12. The molecule has 0 heterocycles. The lowest BCUT2D eigenvalue weighted by atomic mass is 10.1. The van der Waals surface area contributed by atoms with Crippen molar-refractivity contribution in [2.45, 2.75) is 64.7 Å². The first-order chi connectivity index (χ1) is 11.3. The molecular weight excluding hydrogens is 284 g/mol. The molecule has 0 N–H and O–H groups in total. The molecule has 2 heteroatoms. The predicted molar refractivity (Wildman–Crippen MR) is 96.2 cm³/mol. The molecule has 1 aromatic rings. The van der Waals surface area contributed by atoms with Crippen LogP contribution in [0.15, 0.2) is 42.5 Å². The summed E-state index contributed by atoms with van der Waals surface area (Å²) < 4.78 is 5.19. The van der Waals surface area contributed by atoms with Gasteiger partial charge in [0.2, 0.25) is 0 Å². The van der Waals surface area contributed by atoms with Crippen molar-refractivity contribution >= 4 is 5.97 Å². The van der Waals surface area contributed by atoms with Gasteiger partial charge in [0.15, 0.2) is 0 Å². The van der Waals surface area contributed by atoms with E-state index in [0.29, 0.717) is 18.6 Å². The number of esters is 1. The molecule has 23 heavy (non-hydrogen) atoms. The number of ether oxygens (including phenoxy) is 1. The summed E-state index contributed by atoms with van der Waals surface area (Å²) in [6.07, 6.45) is 13.9. The third-order valence-corrected chi connectivity index (χ3v) is 3.46. The Morgan fingerprint density at radius 2 is 1.83 bits per heavy atom. The van der Waals surface area contributed by atoms with Crippen molar-refractivity contribution in [3.05, 3.63) is 42.5 Å². The summed E-state index contributed by atoms with van der Waals surface area (Å²) in [7, 11) is 0. The number of allylic oxidation sites excluding steroid dienone is 2. The van der Waals surface area contributed by atoms with Crippen LogP contribution in [0.3, 0.4) is 0 Å². The van der Waals surface area contributed by atoms with E-state index >= 15 is 0 Å². The van der Waals surface area contributed by atoms with E-state index in [1.54, 1.807) is 12.1 Å². The Bertz CT molecular complexity index is 506. The number of unbranched alkanes of at least 4 members (excludes halogenated alkanes) is 6. The van der Waals surface area contributed by atoms with Crippen LogP contribution in [0.2, 0.25) is 0 Å². The van der Waals surface area contributed by atoms with Gasteiger partial charge in [0.1, 0.15) is 5.75 Å². The SMILES string of the molecule is CCCCCCCC/C=C/C#CCCC(=O)Oc1ccccc1. The van der Waals surface area contributed by atoms with Gasteiger partial charge >= 0.3 is 5.97 Å². The maximum atomic E-state index is 11.6. The third kappa shape index (κ3) is 11.2. The minimum atomic E-state index is -0.235. The van der Waals surface area contributed by atoms with Crippen LogP contribution in [0.4, 0.5) is 0 Å². The molecule has 1 rings (SSSR count). The largest absolute Gasteiger partial charge is 0.427 e. The molecule has 0 amide bonds. The van der Waals surface area contributed by atoms with Crippen molar-refractivity contribution in [3.8, 4) is 17.6 Å². The molecule has 0 fully saturated rings. The van der Waals surface area contributed by atoms with Crippen LogP contribution < -0.4 is 4.74 Å². The molecule has 0 spiro atoms. The van der Waals surface area contributed by atoms with E-state index in [1.165, 1.54) is 38.5 Å². The van der Waals surface area contributed by atoms with E-state index < -0.39 is 0 Å². The van der Waals surface area contributed by atoms with Gasteiger partial charge in [-0.05, 0) is 31.1 Å². The Hall–Kier alpha value is -2.01. The Kier molecular flexibility index (Phi) is 11.3. The number of rotatable bonds is 10. The van der Waals surface area contributed by atoms with Crippen molar-refractivity contribution in [2.24, 2.45) is 0 Å². The molecular formula is C21H28O2. The minimum Gasteiger partial charge on any atom is -0.427 e. The summed E-state index contributed by atoms with van der Waals surface area (Å²) in [5.74, 6) is 6.31. The van der Waals surface area contributed by atoms with Gasteiger partial charge in [-0.3, -0.25) is 4.79 Å². The highest BCUT2D eigenvalue weighted by Gasteiger charge is 2.02. The second kappa shape index (κ2) is 13.6. The van der Waals surface area contributed by atoms with Gasteiger partial charge in [0, 0.05) is 6.42 Å². The zero-order chi connectivity index (χ0) is 16.6. The molecule has 0 aromatic heterocycles. The van der Waals surface area contributed by atoms with Gasteiger partial charge in [-0.2, -0.15) is 0 Å². The number of para-hydroxylation sites is 1. The zero-order valence-electron chi connectivity index (χ0n) is 14.2. The molecule has 0 aliphatic carbocycles. The summed E-state index contributed by atoms with van der Waals surface area (Å²) in [6.45, 7) is 2.24. The first-order valence-corrected chi connectivity index (χ1v) is 8.72. The van der Waals surface area contributed by atoms with Crippen LogP contribution in [0.1, 0.15) is 64.7 Å². The average molecular weight is 312 g/mol. The lowest BCUT2D eigenvalue weighted by Crippen LogP contribution is -2.06. The highest BCUT2D eigenvalue weighted by molar-refractivity contribution is 5.72. The van der Waals surface area contributed by atoms with Gasteiger partial charge in [-0.25, -0.2) is 0 Å². The fourth-order valence-electron chi connectivity index (χ4n) is 2.15. The van der Waals surface area contributed by atoms with Crippen LogP contribution in [0.25, 0.3) is 0 Å². The molecule has 0 bridgehead atoms. The highest BCUT2D eigenvalue weighted by atomic mass is 16.5. The Balaban J connectivity index is 2.02. The van der Waals surface area contributed by atoms with Gasteiger partial charge in [-0.1, -0.05) is 75.1 Å². The fourth-order valence-corrected chi connectivity index (χ4v) is 2.15. The lowest BCUT2D eigenvalue weighted by Gasteiger charge is -2.01. The van der Waals surface area contributed by atoms with E-state index in [4.69, 9.17) is 4.74 Å². The van der Waals surface area contributed by atoms with E-state index in [2.05, 4.69) is 24.8 Å². The highest BCUT2D eigenvalue weighted by Crippen LogP contribution is 2.09. The number of hydrogen-bond donors (Lipinski definition) is 0. The average Bonchev–Trinajstić information content (AvgIpc) is 2.57. The van der Waals surface area contributed by atoms with Crippen LogP contribution >= 0.6 is 0 Å². The molecule has 0 saturated heterocycles. The lowest BCUT2D eigenvalue weighted by molar-refractivity contribution is -0.134. The zero-order valence-corrected chi connectivity index (χ0v) is 14.2. The van der Waals surface area contributed by atoms with E-state index in [9.17, 15) is 4.79 Å². The van der Waals surface area contributed by atoms with Crippen molar-refractivity contribution in [1.29, 1.82) is 0 Å². The molecule has 0 aliphatic heterocycles. The maximum Gasteiger partial charge on any atom is 0.312 e. The van der Waals surface area contributed by atoms with Crippen LogP contribution in [0, 0.1) is 11.8 Å². The quantitative estimate of drug-likeness (QED) is 0.240. The van der Waals surface area contributed by atoms with Gasteiger partial charge < -0.3 is 4.74 Å². The molecule has 0 radical (unpaired) electrons. The topological polar surface area (TPSA) is 26.3 Å². The van der Waals surface area contributed by atoms with Crippen LogP contribution in [-0.4, -0.2) is 5.97 Å². The number of hydrogen-bond acceptors (Lipinski definition) is 2. The Labute approximate surface area is 140 Å². The number of carbonyl (C=O) groups excluding carboxylic acids is 1. The van der Waals surface area contributed by atoms with E-state index in [1.807, 2.05) is 24.3 Å². The van der Waals surface area contributed by atoms with Crippen molar-refractivity contribution in [2.75, 3.05) is 0 Å². The van der Waals surface area contributed by atoms with E-state index in [0.717, 1.165) is 6.42 Å². The van der Waals surface area contributed by atoms with Crippen molar-refractivity contribution in [1.82, 2.24) is 0 Å². The van der Waals surface area contributed by atoms with Gasteiger partial charge in [-0.15, -0.1) is 0 Å². The molecule has 0 atom stereocenters. The monoisotopic (exact) mass is 312 g/mol. The second-order valence-corrected chi connectivity index (χ2v) is 5.57. The van der Waals surface area contributed by atoms with Crippen molar-refractivity contribution < 1.29 is 9.53 Å². The molecule has 2 nitrogen and oxygen atoms in total. The third-order valence-electron chi connectivity index (χ3n) is 3.46. The second-order valence-electron chi connectivity index (χ2n) is 5.57. The van der Waals surface area contributed by atoms with E-state index in [-0.39, 0.29) is 5.97 Å². The molecule has 0 aliphatic rings. The predicted octanol–water partition coefficient (Wildman–Crippen LogP) is 5.68. The first kappa shape index (κ1) is 19.0. The molecule has 1 aromatic carbocycles. The summed E-state index contributed by atoms with van der Waals surface area (Å²) in [5, 5.41) is 0. The fraction of sp³-hybridized carbons (Fsp3) is 0.476. The Morgan fingerprint density at radius 1 is 1.09 bits per heavy atom. The van der Waals surface area contributed by atoms with Gasteiger partial charge in [0.05, 0.1) is 6.42 Å². The normalized spacial score (nSPS) is 10.3. The summed E-state index contributed by atoms with van der Waals surface area (Å²) >= 11 is 0. The smallest absolute Gasteiger partial charge is 0.312 e. The standard InChI is InChI=1S/C21H28O2/c1-2-3-4-5-6-7-8-9-10-11-12-16-19-21(22)23-20-17-14-13-15-18-20/h9-10,13-15,17-18H,2-8,16,19H2,1H3/b10-9+. The number of benzene rings is 1. The molecule has 124 valence electrons. The van der Waals surface area contributed by atoms with Crippen LogP contribution in [-0.2, 0) is 4.79 Å². The van der Waals surface area contributed by atoms with Crippen molar-refractivity contribution in [3.63, 3.8) is 0 Å². The summed E-state index contributed by atoms with van der Waals surface area (Å²) in [5.41, 5.74) is 0. The maximum absolute atomic E-state index is 11.6. The van der Waals surface area contributed by atoms with Gasteiger partial charge in [0.25, 0.3) is 0 Å².